The second-order valence-corrected chi connectivity index (χ2v) is 5.74. The molecule has 1 aliphatic rings. The number of carbonyl (C=O) groups is 2. The van der Waals surface area contributed by atoms with Gasteiger partial charge in [0.25, 0.3) is 0 Å². The van der Waals surface area contributed by atoms with E-state index >= 15 is 0 Å². The van der Waals surface area contributed by atoms with Crippen molar-refractivity contribution in [1.82, 2.24) is 4.90 Å². The SMILES string of the molecule is O=C(Nc1ccc(Cl)c(C(F)(F)F)c1)C1CCCN1C(=O)C(F)(F)F. The highest BCUT2D eigenvalue weighted by Gasteiger charge is 2.47. The van der Waals surface area contributed by atoms with Gasteiger partial charge < -0.3 is 10.2 Å². The first kappa shape index (κ1) is 19.4. The molecule has 0 radical (unpaired) electrons. The molecule has 1 N–H and O–H groups in total. The van der Waals surface area contributed by atoms with Gasteiger partial charge in [-0.05, 0) is 31.0 Å². The first-order valence-electron chi connectivity index (χ1n) is 6.96. The molecule has 0 spiro atoms. The largest absolute Gasteiger partial charge is 0.471 e. The van der Waals surface area contributed by atoms with E-state index in [1.165, 1.54) is 0 Å². The maximum absolute atomic E-state index is 12.8. The molecule has 2 rings (SSSR count). The highest BCUT2D eigenvalue weighted by molar-refractivity contribution is 6.31. The van der Waals surface area contributed by atoms with E-state index in [0.717, 1.165) is 12.1 Å². The molecule has 1 atom stereocenters. The Bertz CT molecular complexity index is 689. The molecule has 4 nitrogen and oxygen atoms in total. The average molecular weight is 389 g/mol. The number of benzene rings is 1. The maximum atomic E-state index is 12.8. The van der Waals surface area contributed by atoms with Crippen LogP contribution in [0.1, 0.15) is 18.4 Å². The second-order valence-electron chi connectivity index (χ2n) is 5.34. The standard InChI is InChI=1S/C14H11ClF6N2O2/c15-9-4-3-7(6-8(9)13(16,17)18)22-11(24)10-2-1-5-23(10)12(25)14(19,20)21/h3-4,6,10H,1-2,5H2,(H,22,24). The van der Waals surface area contributed by atoms with Crippen LogP contribution in [0.2, 0.25) is 5.02 Å². The van der Waals surface area contributed by atoms with Gasteiger partial charge >= 0.3 is 18.3 Å². The lowest BCUT2D eigenvalue weighted by atomic mass is 10.1. The van der Waals surface area contributed by atoms with Crippen molar-refractivity contribution in [3.63, 3.8) is 0 Å². The van der Waals surface area contributed by atoms with Crippen molar-refractivity contribution < 1.29 is 35.9 Å². The van der Waals surface area contributed by atoms with Crippen LogP contribution in [0.5, 0.6) is 0 Å². The second kappa shape index (κ2) is 6.74. The van der Waals surface area contributed by atoms with Crippen molar-refractivity contribution in [2.24, 2.45) is 0 Å². The molecule has 0 aromatic heterocycles. The van der Waals surface area contributed by atoms with E-state index in [-0.39, 0.29) is 25.1 Å². The number of anilines is 1. The zero-order valence-corrected chi connectivity index (χ0v) is 13.1. The van der Waals surface area contributed by atoms with Gasteiger partial charge in [0.15, 0.2) is 0 Å². The highest BCUT2D eigenvalue weighted by atomic mass is 35.5. The minimum atomic E-state index is -5.13. The molecule has 11 heteroatoms. The number of nitrogens with zero attached hydrogens (tertiary/aromatic N) is 1. The summed E-state index contributed by atoms with van der Waals surface area (Å²) in [6.07, 6.45) is -9.74. The number of halogens is 7. The molecule has 0 aliphatic carbocycles. The summed E-state index contributed by atoms with van der Waals surface area (Å²) in [6, 6.07) is 1.16. The van der Waals surface area contributed by atoms with Crippen LogP contribution in [-0.4, -0.2) is 35.5 Å². The summed E-state index contributed by atoms with van der Waals surface area (Å²) in [5.74, 6) is -3.15. The lowest BCUT2D eigenvalue weighted by molar-refractivity contribution is -0.186. The fourth-order valence-corrected chi connectivity index (χ4v) is 2.72. The maximum Gasteiger partial charge on any atom is 0.471 e. The number of carbonyl (C=O) groups excluding carboxylic acids is 2. The van der Waals surface area contributed by atoms with Crippen LogP contribution in [0.15, 0.2) is 18.2 Å². The smallest absolute Gasteiger partial charge is 0.324 e. The van der Waals surface area contributed by atoms with Gasteiger partial charge in [-0.1, -0.05) is 11.6 Å². The summed E-state index contributed by atoms with van der Waals surface area (Å²) in [5.41, 5.74) is -1.48. The Kier molecular flexibility index (Phi) is 5.22. The molecule has 1 unspecified atom stereocenters. The van der Waals surface area contributed by atoms with Gasteiger partial charge in [-0.15, -0.1) is 0 Å². The van der Waals surface area contributed by atoms with Crippen LogP contribution < -0.4 is 5.32 Å². The Morgan fingerprint density at radius 2 is 1.80 bits per heavy atom. The normalized spacial score (nSPS) is 18.4. The molecular weight excluding hydrogens is 378 g/mol. The summed E-state index contributed by atoms with van der Waals surface area (Å²) in [4.78, 5) is 23.8. The van der Waals surface area contributed by atoms with Gasteiger partial charge in [0, 0.05) is 12.2 Å². The van der Waals surface area contributed by atoms with Gasteiger partial charge in [0.05, 0.1) is 10.6 Å². The van der Waals surface area contributed by atoms with Gasteiger partial charge in [-0.3, -0.25) is 9.59 Å². The third kappa shape index (κ3) is 4.36. The van der Waals surface area contributed by atoms with E-state index in [2.05, 4.69) is 5.32 Å². The molecule has 1 heterocycles. The number of hydrogen-bond acceptors (Lipinski definition) is 2. The third-order valence-electron chi connectivity index (χ3n) is 3.60. The van der Waals surface area contributed by atoms with Crippen molar-refractivity contribution >= 4 is 29.1 Å². The summed E-state index contributed by atoms with van der Waals surface area (Å²) in [7, 11) is 0. The monoisotopic (exact) mass is 388 g/mol. The van der Waals surface area contributed by atoms with Gasteiger partial charge in [0.1, 0.15) is 6.04 Å². The molecule has 1 aromatic rings. The van der Waals surface area contributed by atoms with Crippen molar-refractivity contribution in [3.8, 4) is 0 Å². The summed E-state index contributed by atoms with van der Waals surface area (Å²) in [6.45, 7) is -0.259. The molecule has 1 saturated heterocycles. The Hall–Kier alpha value is -1.97. The number of alkyl halides is 6. The van der Waals surface area contributed by atoms with Crippen LogP contribution in [0.25, 0.3) is 0 Å². The molecule has 2 amide bonds. The van der Waals surface area contributed by atoms with Crippen LogP contribution >= 0.6 is 11.6 Å². The van der Waals surface area contributed by atoms with E-state index in [9.17, 15) is 35.9 Å². The Labute approximate surface area is 142 Å². The molecule has 0 bridgehead atoms. The van der Waals surface area contributed by atoms with Crippen LogP contribution in [-0.2, 0) is 15.8 Å². The Morgan fingerprint density at radius 3 is 2.36 bits per heavy atom. The molecule has 25 heavy (non-hydrogen) atoms. The van der Waals surface area contributed by atoms with Gasteiger partial charge in [-0.2, -0.15) is 26.3 Å². The lowest BCUT2D eigenvalue weighted by Gasteiger charge is -2.24. The van der Waals surface area contributed by atoms with E-state index in [1.54, 1.807) is 0 Å². The topological polar surface area (TPSA) is 49.4 Å². The zero-order valence-electron chi connectivity index (χ0n) is 12.3. The van der Waals surface area contributed by atoms with Crippen LogP contribution in [0.3, 0.4) is 0 Å². The molecular formula is C14H11ClF6N2O2. The van der Waals surface area contributed by atoms with Crippen molar-refractivity contribution in [3.05, 3.63) is 28.8 Å². The first-order chi connectivity index (χ1) is 11.4. The quantitative estimate of drug-likeness (QED) is 0.782. The highest BCUT2D eigenvalue weighted by Crippen LogP contribution is 2.36. The summed E-state index contributed by atoms with van der Waals surface area (Å²) >= 11 is 5.45. The van der Waals surface area contributed by atoms with E-state index in [0.29, 0.717) is 11.0 Å². The fourth-order valence-electron chi connectivity index (χ4n) is 2.49. The third-order valence-corrected chi connectivity index (χ3v) is 3.93. The van der Waals surface area contributed by atoms with E-state index in [4.69, 9.17) is 11.6 Å². The van der Waals surface area contributed by atoms with Gasteiger partial charge in [0.2, 0.25) is 5.91 Å². The van der Waals surface area contributed by atoms with Crippen molar-refractivity contribution in [2.75, 3.05) is 11.9 Å². The number of nitrogens with one attached hydrogen (secondary N) is 1. The van der Waals surface area contributed by atoms with Crippen molar-refractivity contribution in [2.45, 2.75) is 31.2 Å². The summed E-state index contributed by atoms with van der Waals surface area (Å²) < 4.78 is 76.0. The number of amides is 2. The van der Waals surface area contributed by atoms with Crippen LogP contribution in [0, 0.1) is 0 Å². The molecule has 1 aliphatic heterocycles. The molecule has 0 saturated carbocycles. The molecule has 1 fully saturated rings. The fraction of sp³-hybridized carbons (Fsp3) is 0.429. The molecule has 1 aromatic carbocycles. The summed E-state index contributed by atoms with van der Waals surface area (Å²) in [5, 5.41) is 1.52. The average Bonchev–Trinajstić information content (AvgIpc) is 2.95. The minimum Gasteiger partial charge on any atom is -0.324 e. The Balaban J connectivity index is 2.18. The number of likely N-dealkylation sites (tertiary alicyclic amines) is 1. The predicted octanol–water partition coefficient (Wildman–Crippen LogP) is 3.85. The molecule has 138 valence electrons. The van der Waals surface area contributed by atoms with Crippen LogP contribution in [0.4, 0.5) is 32.0 Å². The van der Waals surface area contributed by atoms with Gasteiger partial charge in [-0.25, -0.2) is 0 Å². The van der Waals surface area contributed by atoms with Crippen molar-refractivity contribution in [1.29, 1.82) is 0 Å². The zero-order chi connectivity index (χ0) is 19.0. The number of rotatable bonds is 2. The predicted molar refractivity (Wildman–Crippen MR) is 75.9 cm³/mol. The Morgan fingerprint density at radius 1 is 1.16 bits per heavy atom. The lowest BCUT2D eigenvalue weighted by Crippen LogP contribution is -2.48. The first-order valence-corrected chi connectivity index (χ1v) is 7.34. The minimum absolute atomic E-state index is 0.0205. The van der Waals surface area contributed by atoms with E-state index < -0.39 is 40.8 Å². The van der Waals surface area contributed by atoms with E-state index in [1.807, 2.05) is 0 Å². The number of hydrogen-bond donors (Lipinski definition) is 1.